The molecule has 8 nitrogen and oxygen atoms in total. The molecule has 2 aliphatic heterocycles. The van der Waals surface area contributed by atoms with Gasteiger partial charge in [-0.3, -0.25) is 14.7 Å². The number of fused-ring (bicyclic) bond motifs is 2. The minimum atomic E-state index is -0.504. The average molecular weight is 572 g/mol. The minimum Gasteiger partial charge on any atom is -0.340 e. The zero-order valence-corrected chi connectivity index (χ0v) is 24.7. The lowest BCUT2D eigenvalue weighted by molar-refractivity contribution is -0.131. The molecule has 4 aliphatic rings. The Labute approximate surface area is 252 Å². The zero-order chi connectivity index (χ0) is 29.0. The van der Waals surface area contributed by atoms with Gasteiger partial charge in [0.2, 0.25) is 5.82 Å². The Morgan fingerprint density at radius 2 is 1.74 bits per heavy atom. The van der Waals surface area contributed by atoms with E-state index in [1.807, 2.05) is 4.90 Å². The molecule has 1 amide bonds. The van der Waals surface area contributed by atoms with Gasteiger partial charge in [0.1, 0.15) is 11.4 Å². The van der Waals surface area contributed by atoms with E-state index in [1.165, 1.54) is 29.8 Å². The molecule has 1 aromatic heterocycles. The van der Waals surface area contributed by atoms with Crippen LogP contribution >= 0.6 is 0 Å². The number of tetrazole rings is 1. The number of H-pyrrole nitrogens is 1. The summed E-state index contributed by atoms with van der Waals surface area (Å²) in [6.07, 6.45) is 9.45. The van der Waals surface area contributed by atoms with E-state index in [0.29, 0.717) is 17.8 Å². The third-order valence-electron chi connectivity index (χ3n) is 10.1. The number of rotatable bonds is 8. The molecule has 8 heteroatoms. The highest BCUT2D eigenvalue weighted by Crippen LogP contribution is 2.58. The number of nitrogens with zero attached hydrogens (tertiary/aromatic N) is 6. The number of anilines is 2. The van der Waals surface area contributed by atoms with Crippen molar-refractivity contribution in [2.75, 3.05) is 11.4 Å². The van der Waals surface area contributed by atoms with Crippen LogP contribution in [0.1, 0.15) is 75.8 Å². The summed E-state index contributed by atoms with van der Waals surface area (Å²) in [5.74, 6) is 1.75. The largest absolute Gasteiger partial charge is 0.340 e. The van der Waals surface area contributed by atoms with Crippen molar-refractivity contribution in [3.8, 4) is 22.5 Å². The number of nitrogens with one attached hydrogen (secondary N) is 1. The van der Waals surface area contributed by atoms with Gasteiger partial charge in [-0.25, -0.2) is 0 Å². The second-order valence-electron chi connectivity index (χ2n) is 12.8. The Morgan fingerprint density at radius 1 is 0.930 bits per heavy atom. The molecule has 3 aromatic carbocycles. The number of hydrogen-bond donors (Lipinski definition) is 1. The first-order chi connectivity index (χ1) is 21.1. The molecule has 2 spiro atoms. The van der Waals surface area contributed by atoms with E-state index in [2.05, 4.69) is 99.2 Å². The molecule has 2 aliphatic carbocycles. The van der Waals surface area contributed by atoms with Crippen LogP contribution in [0, 0.1) is 0 Å². The topological polar surface area (TPSA) is 90.4 Å². The lowest BCUT2D eigenvalue weighted by atomic mass is 9.96. The summed E-state index contributed by atoms with van der Waals surface area (Å²) in [5, 5.41) is 15.1. The molecule has 0 bridgehead atoms. The Balaban J connectivity index is 1.11. The fraction of sp³-hybridized carbons (Fsp3) is 0.400. The van der Waals surface area contributed by atoms with Crippen LogP contribution < -0.4 is 4.90 Å². The molecule has 0 unspecified atom stereocenters. The Hall–Kier alpha value is -4.33. The molecule has 8 rings (SSSR count). The lowest BCUT2D eigenvalue weighted by Gasteiger charge is -2.23. The number of hydrogen-bond acceptors (Lipinski definition) is 6. The number of aliphatic imine (C=N–C) groups is 1. The number of carbonyl (C=O) groups is 1. The molecule has 4 aromatic rings. The van der Waals surface area contributed by atoms with Crippen molar-refractivity contribution >= 4 is 23.1 Å². The van der Waals surface area contributed by atoms with Crippen molar-refractivity contribution in [2.45, 2.75) is 82.2 Å². The second kappa shape index (κ2) is 10.1. The van der Waals surface area contributed by atoms with Gasteiger partial charge in [-0.15, -0.1) is 10.2 Å². The van der Waals surface area contributed by atoms with Gasteiger partial charge in [0.25, 0.3) is 5.91 Å². The standard InChI is InChI=1S/C35H37N7O/c1-2-3-10-31-36-35(17-6-7-18-35)33(43)41(31)22-24-11-13-25(14-12-24)28-21-26(15-16-27(28)32-37-39-40-38-32)42-23-34(19-20-34)29-8-4-5-9-30(29)42/h4-5,8-9,11-16,21H,2-3,6-7,10,17-20,22-23H2,1H3,(H,37,38,39,40). The molecule has 0 saturated heterocycles. The number of amidine groups is 1. The van der Waals surface area contributed by atoms with E-state index in [4.69, 9.17) is 4.99 Å². The van der Waals surface area contributed by atoms with Crippen molar-refractivity contribution in [1.82, 2.24) is 25.5 Å². The lowest BCUT2D eigenvalue weighted by Crippen LogP contribution is -2.40. The van der Waals surface area contributed by atoms with Crippen LogP contribution in [0.4, 0.5) is 11.4 Å². The van der Waals surface area contributed by atoms with E-state index in [-0.39, 0.29) is 5.91 Å². The van der Waals surface area contributed by atoms with Crippen LogP contribution in [0.2, 0.25) is 0 Å². The molecule has 218 valence electrons. The van der Waals surface area contributed by atoms with Gasteiger partial charge in [0.15, 0.2) is 0 Å². The summed E-state index contributed by atoms with van der Waals surface area (Å²) in [5.41, 5.74) is 7.94. The summed E-state index contributed by atoms with van der Waals surface area (Å²) in [7, 11) is 0. The number of unbranched alkanes of at least 4 members (excludes halogenated alkanes) is 1. The first-order valence-electron chi connectivity index (χ1n) is 15.8. The first kappa shape index (κ1) is 26.3. The third kappa shape index (κ3) is 4.37. The van der Waals surface area contributed by atoms with Crippen LogP contribution in [-0.2, 0) is 16.8 Å². The number of carbonyl (C=O) groups excluding carboxylic acids is 1. The number of para-hydroxylation sites is 1. The number of aromatic nitrogens is 4. The summed E-state index contributed by atoms with van der Waals surface area (Å²) in [6.45, 7) is 3.77. The summed E-state index contributed by atoms with van der Waals surface area (Å²) in [6, 6.07) is 24.0. The highest BCUT2D eigenvalue weighted by atomic mass is 16.2. The number of benzene rings is 3. The van der Waals surface area contributed by atoms with Crippen molar-refractivity contribution in [3.05, 3.63) is 77.9 Å². The van der Waals surface area contributed by atoms with Gasteiger partial charge in [0.05, 0.1) is 6.54 Å². The predicted octanol–water partition coefficient (Wildman–Crippen LogP) is 6.96. The predicted molar refractivity (Wildman–Crippen MR) is 168 cm³/mol. The van der Waals surface area contributed by atoms with Gasteiger partial charge in [-0.05, 0) is 83.8 Å². The maximum absolute atomic E-state index is 13.7. The molecule has 3 heterocycles. The Morgan fingerprint density at radius 3 is 2.49 bits per heavy atom. The smallest absolute Gasteiger partial charge is 0.256 e. The van der Waals surface area contributed by atoms with Crippen LogP contribution in [0.25, 0.3) is 22.5 Å². The summed E-state index contributed by atoms with van der Waals surface area (Å²) in [4.78, 5) is 23.2. The number of amides is 1. The summed E-state index contributed by atoms with van der Waals surface area (Å²) < 4.78 is 0. The first-order valence-corrected chi connectivity index (χ1v) is 15.8. The average Bonchev–Trinajstić information content (AvgIpc) is 3.41. The van der Waals surface area contributed by atoms with E-state index in [0.717, 1.165) is 79.6 Å². The molecular weight excluding hydrogens is 534 g/mol. The van der Waals surface area contributed by atoms with Crippen molar-refractivity contribution < 1.29 is 4.79 Å². The van der Waals surface area contributed by atoms with Crippen molar-refractivity contribution in [1.29, 1.82) is 0 Å². The van der Waals surface area contributed by atoms with Crippen LogP contribution in [0.3, 0.4) is 0 Å². The maximum Gasteiger partial charge on any atom is 0.256 e. The van der Waals surface area contributed by atoms with Gasteiger partial charge in [-0.2, -0.15) is 5.21 Å². The van der Waals surface area contributed by atoms with E-state index < -0.39 is 5.54 Å². The molecule has 0 atom stereocenters. The van der Waals surface area contributed by atoms with E-state index in [9.17, 15) is 4.79 Å². The minimum absolute atomic E-state index is 0.201. The monoisotopic (exact) mass is 571 g/mol. The fourth-order valence-corrected chi connectivity index (χ4v) is 7.52. The maximum atomic E-state index is 13.7. The molecule has 1 N–H and O–H groups in total. The molecular formula is C35H37N7O. The van der Waals surface area contributed by atoms with Gasteiger partial charge in [-0.1, -0.05) is 68.7 Å². The highest BCUT2D eigenvalue weighted by molar-refractivity contribution is 6.08. The molecule has 0 radical (unpaired) electrons. The van der Waals surface area contributed by atoms with Crippen molar-refractivity contribution in [2.24, 2.45) is 4.99 Å². The molecule has 43 heavy (non-hydrogen) atoms. The highest BCUT2D eigenvalue weighted by Gasteiger charge is 2.52. The normalized spacial score (nSPS) is 19.5. The van der Waals surface area contributed by atoms with Crippen LogP contribution in [0.5, 0.6) is 0 Å². The number of aromatic amines is 1. The van der Waals surface area contributed by atoms with Crippen molar-refractivity contribution in [3.63, 3.8) is 0 Å². The van der Waals surface area contributed by atoms with Gasteiger partial charge >= 0.3 is 0 Å². The SMILES string of the molecule is CCCCC1=NC2(CCCC2)C(=O)N1Cc1ccc(-c2cc(N3CC4(CC4)c4ccccc43)ccc2-c2nn[nH]n2)cc1. The fourth-order valence-electron chi connectivity index (χ4n) is 7.52. The summed E-state index contributed by atoms with van der Waals surface area (Å²) >= 11 is 0. The van der Waals surface area contributed by atoms with Gasteiger partial charge in [0, 0.05) is 35.3 Å². The van der Waals surface area contributed by atoms with Crippen LogP contribution in [0.15, 0.2) is 71.7 Å². The van der Waals surface area contributed by atoms with Crippen LogP contribution in [-0.4, -0.2) is 49.4 Å². The molecule has 2 fully saturated rings. The Bertz CT molecular complexity index is 1700. The van der Waals surface area contributed by atoms with E-state index >= 15 is 0 Å². The third-order valence-corrected chi connectivity index (χ3v) is 10.1. The van der Waals surface area contributed by atoms with Gasteiger partial charge < -0.3 is 4.90 Å². The quantitative estimate of drug-likeness (QED) is 0.247. The molecule has 2 saturated carbocycles. The van der Waals surface area contributed by atoms with E-state index in [1.54, 1.807) is 0 Å². The second-order valence-corrected chi connectivity index (χ2v) is 12.8. The Kier molecular flexibility index (Phi) is 6.21. The zero-order valence-electron chi connectivity index (χ0n) is 24.7.